The topological polar surface area (TPSA) is 57.3 Å². The number of nitrogens with zero attached hydrogens (tertiary/aromatic N) is 5. The molecule has 184 valence electrons. The molecule has 0 aliphatic carbocycles. The van der Waals surface area contributed by atoms with Gasteiger partial charge in [0, 0.05) is 43.5 Å². The second-order valence-corrected chi connectivity index (χ2v) is 9.13. The molecule has 5 rings (SSSR count). The van der Waals surface area contributed by atoms with Crippen LogP contribution in [0.15, 0.2) is 55.0 Å². The van der Waals surface area contributed by atoms with Crippen LogP contribution in [0, 0.1) is 5.82 Å². The number of piperidine rings is 1. The number of halogens is 1. The fraction of sp³-hybridized carbons (Fsp3) is 0.407. The van der Waals surface area contributed by atoms with E-state index in [-0.39, 0.29) is 5.82 Å². The molecule has 3 heterocycles. The lowest BCUT2D eigenvalue weighted by atomic mass is 9.89. The third-order valence-electron chi connectivity index (χ3n) is 6.81. The van der Waals surface area contributed by atoms with Gasteiger partial charge in [-0.25, -0.2) is 9.37 Å². The molecule has 1 fully saturated rings. The van der Waals surface area contributed by atoms with Crippen LogP contribution in [0.4, 0.5) is 4.39 Å². The van der Waals surface area contributed by atoms with E-state index in [1.54, 1.807) is 18.1 Å². The molecule has 4 aromatic rings. The van der Waals surface area contributed by atoms with Gasteiger partial charge < -0.3 is 18.9 Å². The molecule has 0 N–H and O–H groups in total. The summed E-state index contributed by atoms with van der Waals surface area (Å²) in [6.45, 7) is 5.05. The Morgan fingerprint density at radius 1 is 1.03 bits per heavy atom. The van der Waals surface area contributed by atoms with E-state index >= 15 is 0 Å². The van der Waals surface area contributed by atoms with Crippen molar-refractivity contribution >= 4 is 10.9 Å². The summed E-state index contributed by atoms with van der Waals surface area (Å²) in [6, 6.07) is 13.1. The van der Waals surface area contributed by atoms with Crippen molar-refractivity contribution in [2.45, 2.75) is 18.8 Å². The summed E-state index contributed by atoms with van der Waals surface area (Å²) < 4.78 is 28.2. The smallest absolute Gasteiger partial charge is 0.181 e. The molecule has 2 aromatic carbocycles. The highest BCUT2D eigenvalue weighted by atomic mass is 19.1. The first kappa shape index (κ1) is 23.7. The summed E-state index contributed by atoms with van der Waals surface area (Å²) in [5.41, 5.74) is 4.40. The molecule has 35 heavy (non-hydrogen) atoms. The molecule has 0 radical (unpaired) electrons. The highest BCUT2D eigenvalue weighted by Gasteiger charge is 2.24. The molecule has 0 bridgehead atoms. The lowest BCUT2D eigenvalue weighted by Gasteiger charge is -2.31. The van der Waals surface area contributed by atoms with E-state index in [0.717, 1.165) is 61.7 Å². The Morgan fingerprint density at radius 3 is 2.54 bits per heavy atom. The highest BCUT2D eigenvalue weighted by Crippen LogP contribution is 2.37. The second-order valence-electron chi connectivity index (χ2n) is 9.13. The lowest BCUT2D eigenvalue weighted by Crippen LogP contribution is -2.35. The van der Waals surface area contributed by atoms with Crippen molar-refractivity contribution in [2.24, 2.45) is 7.05 Å². The number of methoxy groups -OCH3 is 1. The fourth-order valence-electron chi connectivity index (χ4n) is 4.91. The van der Waals surface area contributed by atoms with E-state index in [4.69, 9.17) is 9.47 Å². The summed E-state index contributed by atoms with van der Waals surface area (Å²) >= 11 is 0. The van der Waals surface area contributed by atoms with Crippen LogP contribution < -0.4 is 0 Å². The number of hydrogen-bond donors (Lipinski definition) is 0. The Bertz CT molecular complexity index is 1260. The van der Waals surface area contributed by atoms with Gasteiger partial charge in [0.15, 0.2) is 5.82 Å². The van der Waals surface area contributed by atoms with Gasteiger partial charge in [-0.2, -0.15) is 5.10 Å². The molecular weight excluding hydrogens is 445 g/mol. The SMILES string of the molecule is COCCOCCN1CCC(c2cn(-c3ccc(F)cc3)c3ccc(-c4ncn(C)n4)cc23)CC1. The molecular formula is C27H32FN5O2. The maximum atomic E-state index is 13.6. The van der Waals surface area contributed by atoms with E-state index in [0.29, 0.717) is 19.1 Å². The first-order chi connectivity index (χ1) is 17.1. The average Bonchev–Trinajstić information content (AvgIpc) is 3.48. The van der Waals surface area contributed by atoms with Crippen molar-refractivity contribution in [3.63, 3.8) is 0 Å². The minimum absolute atomic E-state index is 0.229. The molecule has 1 aliphatic heterocycles. The maximum absolute atomic E-state index is 13.6. The fourth-order valence-corrected chi connectivity index (χ4v) is 4.91. The van der Waals surface area contributed by atoms with Gasteiger partial charge in [-0.3, -0.25) is 4.68 Å². The van der Waals surface area contributed by atoms with E-state index < -0.39 is 0 Å². The Labute approximate surface area is 205 Å². The lowest BCUT2D eigenvalue weighted by molar-refractivity contribution is 0.0532. The molecule has 0 saturated carbocycles. The van der Waals surface area contributed by atoms with Crippen LogP contribution in [-0.2, 0) is 16.5 Å². The normalized spacial score (nSPS) is 15.3. The zero-order valence-electron chi connectivity index (χ0n) is 20.4. The van der Waals surface area contributed by atoms with Crippen LogP contribution in [0.2, 0.25) is 0 Å². The molecule has 0 spiro atoms. The van der Waals surface area contributed by atoms with Crippen molar-refractivity contribution in [2.75, 3.05) is 46.6 Å². The predicted octanol–water partition coefficient (Wildman–Crippen LogP) is 4.41. The number of benzene rings is 2. The summed E-state index contributed by atoms with van der Waals surface area (Å²) in [5.74, 6) is 0.947. The number of aryl methyl sites for hydroxylation is 1. The van der Waals surface area contributed by atoms with Crippen LogP contribution in [0.3, 0.4) is 0 Å². The molecule has 2 aromatic heterocycles. The van der Waals surface area contributed by atoms with Gasteiger partial charge in [0.2, 0.25) is 0 Å². The molecule has 0 unspecified atom stereocenters. The van der Waals surface area contributed by atoms with Crippen LogP contribution in [0.1, 0.15) is 24.3 Å². The first-order valence-electron chi connectivity index (χ1n) is 12.2. The highest BCUT2D eigenvalue weighted by molar-refractivity contribution is 5.89. The standard InChI is InChI=1S/C27H32FN5O2/c1-31-19-29-27(30-31)21-3-8-26-24(17-21)25(18-33(26)23-6-4-22(28)5-7-23)20-9-11-32(12-10-20)13-14-35-16-15-34-2/h3-8,17-20H,9-16H2,1-2H3. The Kier molecular flexibility index (Phi) is 7.22. The summed E-state index contributed by atoms with van der Waals surface area (Å²) in [5, 5.41) is 5.70. The van der Waals surface area contributed by atoms with Gasteiger partial charge in [0.05, 0.1) is 25.3 Å². The number of likely N-dealkylation sites (tertiary alicyclic amines) is 1. The van der Waals surface area contributed by atoms with Gasteiger partial charge >= 0.3 is 0 Å². The number of rotatable bonds is 9. The first-order valence-corrected chi connectivity index (χ1v) is 12.2. The van der Waals surface area contributed by atoms with Gasteiger partial charge in [0.25, 0.3) is 0 Å². The van der Waals surface area contributed by atoms with Gasteiger partial charge in [-0.1, -0.05) is 0 Å². The van der Waals surface area contributed by atoms with Gasteiger partial charge in [-0.05, 0) is 79.9 Å². The Balaban J connectivity index is 1.41. The number of fused-ring (bicyclic) bond motifs is 1. The minimum Gasteiger partial charge on any atom is -0.382 e. The van der Waals surface area contributed by atoms with Crippen molar-refractivity contribution in [3.8, 4) is 17.1 Å². The molecule has 1 saturated heterocycles. The third kappa shape index (κ3) is 5.29. The average molecular weight is 478 g/mol. The minimum atomic E-state index is -0.229. The van der Waals surface area contributed by atoms with Crippen LogP contribution in [0.25, 0.3) is 28.0 Å². The molecule has 0 atom stereocenters. The summed E-state index contributed by atoms with van der Waals surface area (Å²) in [7, 11) is 3.57. The van der Waals surface area contributed by atoms with Crippen molar-refractivity contribution < 1.29 is 13.9 Å². The van der Waals surface area contributed by atoms with E-state index in [1.807, 2.05) is 19.2 Å². The van der Waals surface area contributed by atoms with Crippen molar-refractivity contribution in [1.82, 2.24) is 24.2 Å². The van der Waals surface area contributed by atoms with Gasteiger partial charge in [0.1, 0.15) is 12.1 Å². The van der Waals surface area contributed by atoms with Crippen LogP contribution >= 0.6 is 0 Å². The summed E-state index contributed by atoms with van der Waals surface area (Å²) in [4.78, 5) is 6.92. The van der Waals surface area contributed by atoms with E-state index in [1.165, 1.54) is 23.1 Å². The number of aromatic nitrogens is 4. The van der Waals surface area contributed by atoms with Crippen LogP contribution in [0.5, 0.6) is 0 Å². The maximum Gasteiger partial charge on any atom is 0.181 e. The number of ether oxygens (including phenoxy) is 2. The molecule has 1 aliphatic rings. The molecule has 0 amide bonds. The Hall–Kier alpha value is -3.07. The quantitative estimate of drug-likeness (QED) is 0.334. The number of hydrogen-bond acceptors (Lipinski definition) is 5. The summed E-state index contributed by atoms with van der Waals surface area (Å²) in [6.07, 6.45) is 6.14. The van der Waals surface area contributed by atoms with Crippen LogP contribution in [-0.4, -0.2) is 70.8 Å². The zero-order valence-corrected chi connectivity index (χ0v) is 20.4. The van der Waals surface area contributed by atoms with Crippen molar-refractivity contribution in [3.05, 3.63) is 66.4 Å². The van der Waals surface area contributed by atoms with E-state index in [2.05, 4.69) is 43.9 Å². The predicted molar refractivity (Wildman–Crippen MR) is 134 cm³/mol. The monoisotopic (exact) mass is 477 g/mol. The second kappa shape index (κ2) is 10.7. The Morgan fingerprint density at radius 2 is 1.83 bits per heavy atom. The van der Waals surface area contributed by atoms with Gasteiger partial charge in [-0.15, -0.1) is 0 Å². The zero-order chi connectivity index (χ0) is 24.2. The van der Waals surface area contributed by atoms with E-state index in [9.17, 15) is 4.39 Å². The largest absolute Gasteiger partial charge is 0.382 e. The third-order valence-corrected chi connectivity index (χ3v) is 6.81. The van der Waals surface area contributed by atoms with Crippen molar-refractivity contribution in [1.29, 1.82) is 0 Å². The molecule has 8 heteroatoms. The molecule has 7 nitrogen and oxygen atoms in total.